The number of ether oxygens (including phenoxy) is 1. The number of hydrogen-bond donors (Lipinski definition) is 1. The molecule has 0 spiro atoms. The first kappa shape index (κ1) is 10.1. The molecule has 4 heteroatoms. The first-order valence-electron chi connectivity index (χ1n) is 4.17. The van der Waals surface area contributed by atoms with Gasteiger partial charge in [0.1, 0.15) is 0 Å². The summed E-state index contributed by atoms with van der Waals surface area (Å²) in [6, 6.07) is 4.01. The van der Waals surface area contributed by atoms with Crippen LogP contribution in [0.2, 0.25) is 0 Å². The molecule has 1 aromatic heterocycles. The summed E-state index contributed by atoms with van der Waals surface area (Å²) < 4.78 is 4.52. The minimum atomic E-state index is -0.145. The van der Waals surface area contributed by atoms with Gasteiger partial charge >= 0.3 is 5.97 Å². The smallest absolute Gasteiger partial charge is 0.305 e. The van der Waals surface area contributed by atoms with Gasteiger partial charge in [-0.3, -0.25) is 4.79 Å². The molecule has 72 valence electrons. The fourth-order valence-electron chi connectivity index (χ4n) is 0.926. The Balaban J connectivity index is 2.05. The van der Waals surface area contributed by atoms with Crippen LogP contribution in [0.15, 0.2) is 17.5 Å². The number of carbonyl (C=O) groups excluding carboxylic acids is 1. The zero-order valence-corrected chi connectivity index (χ0v) is 8.39. The molecule has 1 heterocycles. The van der Waals surface area contributed by atoms with E-state index in [1.54, 1.807) is 11.3 Å². The fraction of sp³-hybridized carbons (Fsp3) is 0.444. The average molecular weight is 199 g/mol. The summed E-state index contributed by atoms with van der Waals surface area (Å²) >= 11 is 1.66. The van der Waals surface area contributed by atoms with Crippen molar-refractivity contribution in [3.8, 4) is 0 Å². The van der Waals surface area contributed by atoms with Gasteiger partial charge in [0.25, 0.3) is 0 Å². The van der Waals surface area contributed by atoms with Crippen LogP contribution < -0.4 is 5.32 Å². The predicted octanol–water partition coefficient (Wildman–Crippen LogP) is 2.11. The molecule has 0 aliphatic rings. The number of rotatable bonds is 5. The van der Waals surface area contributed by atoms with Gasteiger partial charge in [-0.2, -0.15) is 0 Å². The summed E-state index contributed by atoms with van der Waals surface area (Å²) in [5, 5.41) is 6.37. The van der Waals surface area contributed by atoms with Gasteiger partial charge in [-0.25, -0.2) is 0 Å². The highest BCUT2D eigenvalue weighted by Gasteiger charge is 1.98. The Hall–Kier alpha value is -1.03. The Bertz CT molecular complexity index is 246. The lowest BCUT2D eigenvalue weighted by atomic mass is 10.3. The minimum absolute atomic E-state index is 0.145. The van der Waals surface area contributed by atoms with Gasteiger partial charge in [-0.1, -0.05) is 0 Å². The van der Waals surface area contributed by atoms with E-state index in [0.29, 0.717) is 6.42 Å². The number of carbonyl (C=O) groups is 1. The van der Waals surface area contributed by atoms with E-state index in [-0.39, 0.29) is 5.97 Å². The Morgan fingerprint density at radius 3 is 3.15 bits per heavy atom. The van der Waals surface area contributed by atoms with Crippen LogP contribution in [0.1, 0.15) is 12.8 Å². The van der Waals surface area contributed by atoms with Gasteiger partial charge in [0.05, 0.1) is 12.1 Å². The molecule has 0 radical (unpaired) electrons. The molecule has 0 fully saturated rings. The Morgan fingerprint density at radius 2 is 2.54 bits per heavy atom. The van der Waals surface area contributed by atoms with E-state index in [0.717, 1.165) is 18.0 Å². The van der Waals surface area contributed by atoms with Crippen LogP contribution in [0.4, 0.5) is 5.00 Å². The Labute approximate surface area is 81.7 Å². The van der Waals surface area contributed by atoms with Crippen molar-refractivity contribution in [3.63, 3.8) is 0 Å². The lowest BCUT2D eigenvalue weighted by Crippen LogP contribution is -2.05. The SMILES string of the molecule is COC(=O)CCCNc1cccs1. The summed E-state index contributed by atoms with van der Waals surface area (Å²) in [6.07, 6.45) is 1.29. The molecule has 0 amide bonds. The number of nitrogens with one attached hydrogen (secondary N) is 1. The van der Waals surface area contributed by atoms with Crippen LogP contribution in [-0.2, 0) is 9.53 Å². The maximum Gasteiger partial charge on any atom is 0.305 e. The van der Waals surface area contributed by atoms with Crippen LogP contribution in [0.3, 0.4) is 0 Å². The molecule has 1 rings (SSSR count). The summed E-state index contributed by atoms with van der Waals surface area (Å²) in [5.74, 6) is -0.145. The van der Waals surface area contributed by atoms with Crippen LogP contribution in [0, 0.1) is 0 Å². The third-order valence-corrected chi connectivity index (χ3v) is 2.43. The minimum Gasteiger partial charge on any atom is -0.469 e. The van der Waals surface area contributed by atoms with Crippen molar-refractivity contribution in [3.05, 3.63) is 17.5 Å². The quantitative estimate of drug-likeness (QED) is 0.583. The number of methoxy groups -OCH3 is 1. The van der Waals surface area contributed by atoms with Gasteiger partial charge in [0.2, 0.25) is 0 Å². The lowest BCUT2D eigenvalue weighted by molar-refractivity contribution is -0.140. The molecule has 0 unspecified atom stereocenters. The molecule has 13 heavy (non-hydrogen) atoms. The zero-order chi connectivity index (χ0) is 9.52. The average Bonchev–Trinajstić information content (AvgIpc) is 2.64. The van der Waals surface area contributed by atoms with E-state index >= 15 is 0 Å². The highest BCUT2D eigenvalue weighted by atomic mass is 32.1. The van der Waals surface area contributed by atoms with E-state index in [4.69, 9.17) is 0 Å². The van der Waals surface area contributed by atoms with Gasteiger partial charge in [0, 0.05) is 13.0 Å². The molecule has 0 saturated carbocycles. The topological polar surface area (TPSA) is 38.3 Å². The summed E-state index contributed by atoms with van der Waals surface area (Å²) in [7, 11) is 1.41. The number of thiophene rings is 1. The molecule has 0 aromatic carbocycles. The van der Waals surface area contributed by atoms with Crippen molar-refractivity contribution in [1.29, 1.82) is 0 Å². The zero-order valence-electron chi connectivity index (χ0n) is 7.58. The fourth-order valence-corrected chi connectivity index (χ4v) is 1.57. The largest absolute Gasteiger partial charge is 0.469 e. The normalized spacial score (nSPS) is 9.62. The molecule has 0 atom stereocenters. The molecule has 1 aromatic rings. The second kappa shape index (κ2) is 5.59. The highest BCUT2D eigenvalue weighted by molar-refractivity contribution is 7.14. The van der Waals surface area contributed by atoms with E-state index in [1.165, 1.54) is 7.11 Å². The van der Waals surface area contributed by atoms with Crippen molar-refractivity contribution in [1.82, 2.24) is 0 Å². The number of esters is 1. The Morgan fingerprint density at radius 1 is 1.69 bits per heavy atom. The van der Waals surface area contributed by atoms with Gasteiger partial charge in [0.15, 0.2) is 0 Å². The number of hydrogen-bond acceptors (Lipinski definition) is 4. The molecule has 3 nitrogen and oxygen atoms in total. The molecule has 0 bridgehead atoms. The molecular weight excluding hydrogens is 186 g/mol. The molecule has 0 saturated heterocycles. The second-order valence-electron chi connectivity index (χ2n) is 2.58. The predicted molar refractivity (Wildman–Crippen MR) is 54.1 cm³/mol. The third kappa shape index (κ3) is 3.94. The summed E-state index contributed by atoms with van der Waals surface area (Å²) in [6.45, 7) is 0.815. The van der Waals surface area contributed by atoms with Crippen LogP contribution in [0.5, 0.6) is 0 Å². The standard InChI is InChI=1S/C9H13NO2S/c1-12-9(11)5-2-6-10-8-4-3-7-13-8/h3-4,7,10H,2,5-6H2,1H3. The van der Waals surface area contributed by atoms with Gasteiger partial charge < -0.3 is 10.1 Å². The summed E-state index contributed by atoms with van der Waals surface area (Å²) in [5.41, 5.74) is 0. The Kier molecular flexibility index (Phi) is 4.32. The van der Waals surface area contributed by atoms with Crippen molar-refractivity contribution in [2.75, 3.05) is 19.0 Å². The van der Waals surface area contributed by atoms with E-state index in [1.807, 2.05) is 17.5 Å². The van der Waals surface area contributed by atoms with E-state index < -0.39 is 0 Å². The highest BCUT2D eigenvalue weighted by Crippen LogP contribution is 2.14. The monoisotopic (exact) mass is 199 g/mol. The van der Waals surface area contributed by atoms with Gasteiger partial charge in [-0.05, 0) is 23.9 Å². The maximum absolute atomic E-state index is 10.7. The van der Waals surface area contributed by atoms with E-state index in [2.05, 4.69) is 10.1 Å². The van der Waals surface area contributed by atoms with Crippen molar-refractivity contribution in [2.24, 2.45) is 0 Å². The van der Waals surface area contributed by atoms with Crippen molar-refractivity contribution >= 4 is 22.3 Å². The lowest BCUT2D eigenvalue weighted by Gasteiger charge is -2.01. The molecule has 1 N–H and O–H groups in total. The molecule has 0 aliphatic heterocycles. The molecular formula is C9H13NO2S. The van der Waals surface area contributed by atoms with Crippen molar-refractivity contribution in [2.45, 2.75) is 12.8 Å². The second-order valence-corrected chi connectivity index (χ2v) is 3.53. The summed E-state index contributed by atoms with van der Waals surface area (Å²) in [4.78, 5) is 10.7. The van der Waals surface area contributed by atoms with Crippen LogP contribution in [0.25, 0.3) is 0 Å². The number of anilines is 1. The van der Waals surface area contributed by atoms with Crippen LogP contribution in [-0.4, -0.2) is 19.6 Å². The van der Waals surface area contributed by atoms with Gasteiger partial charge in [-0.15, -0.1) is 11.3 Å². The first-order valence-corrected chi connectivity index (χ1v) is 5.05. The third-order valence-electron chi connectivity index (χ3n) is 1.61. The maximum atomic E-state index is 10.7. The first-order chi connectivity index (χ1) is 6.33. The molecule has 0 aliphatic carbocycles. The van der Waals surface area contributed by atoms with E-state index in [9.17, 15) is 4.79 Å². The van der Waals surface area contributed by atoms with Crippen molar-refractivity contribution < 1.29 is 9.53 Å². The van der Waals surface area contributed by atoms with Crippen LogP contribution >= 0.6 is 11.3 Å².